The van der Waals surface area contributed by atoms with E-state index < -0.39 is 10.0 Å². The molecule has 0 saturated heterocycles. The number of nitrogen functional groups attached to an aromatic ring is 1. The molecular formula is C12H19N5O2S2. The molecule has 1 fully saturated rings. The summed E-state index contributed by atoms with van der Waals surface area (Å²) in [5.41, 5.74) is 2.38. The van der Waals surface area contributed by atoms with Gasteiger partial charge in [-0.25, -0.2) is 19.0 Å². The Labute approximate surface area is 127 Å². The lowest BCUT2D eigenvalue weighted by atomic mass is 10.0. The maximum absolute atomic E-state index is 12.7. The first-order chi connectivity index (χ1) is 10.0. The van der Waals surface area contributed by atoms with E-state index in [-0.39, 0.29) is 16.9 Å². The zero-order valence-corrected chi connectivity index (χ0v) is 13.4. The summed E-state index contributed by atoms with van der Waals surface area (Å²) in [6, 6.07) is -0.0905. The summed E-state index contributed by atoms with van der Waals surface area (Å²) in [5, 5.41) is 1.87. The van der Waals surface area contributed by atoms with Gasteiger partial charge in [0.25, 0.3) is 10.0 Å². The summed E-state index contributed by atoms with van der Waals surface area (Å²) in [6.07, 6.45) is 6.18. The molecular weight excluding hydrogens is 310 g/mol. The van der Waals surface area contributed by atoms with Crippen LogP contribution >= 0.6 is 11.3 Å². The number of hydrogen-bond donors (Lipinski definition) is 3. The normalized spacial score (nSPS) is 18.4. The molecule has 9 heteroatoms. The zero-order valence-electron chi connectivity index (χ0n) is 11.7. The second kappa shape index (κ2) is 5.56. The number of hydrazine groups is 1. The average molecular weight is 329 g/mol. The molecule has 0 radical (unpaired) electrons. The molecule has 21 heavy (non-hydrogen) atoms. The quantitative estimate of drug-likeness (QED) is 0.570. The minimum absolute atomic E-state index is 0.0751. The molecule has 7 nitrogen and oxygen atoms in total. The van der Waals surface area contributed by atoms with E-state index in [4.69, 9.17) is 5.84 Å². The molecule has 2 heterocycles. The third kappa shape index (κ3) is 2.66. The smallest absolute Gasteiger partial charge is 0.260 e. The molecule has 1 unspecified atom stereocenters. The van der Waals surface area contributed by atoms with E-state index in [0.29, 0.717) is 10.9 Å². The van der Waals surface area contributed by atoms with Crippen molar-refractivity contribution in [1.29, 1.82) is 0 Å². The fourth-order valence-electron chi connectivity index (χ4n) is 2.97. The van der Waals surface area contributed by atoms with Crippen LogP contribution in [0, 0.1) is 5.92 Å². The molecule has 1 aliphatic rings. The standard InChI is InChI=1S/C12H19N5O2S2/c1-8(9-4-2-3-5-9)16-21(18,19)11-10(15-13)14-12-17(11)6-7-20-12/h6-9,15-16H,2-5,13H2,1H3. The maximum atomic E-state index is 12.7. The van der Waals surface area contributed by atoms with Crippen LogP contribution in [0.1, 0.15) is 32.6 Å². The molecule has 3 rings (SSSR count). The van der Waals surface area contributed by atoms with Crippen molar-refractivity contribution in [2.24, 2.45) is 11.8 Å². The van der Waals surface area contributed by atoms with Crippen molar-refractivity contribution in [3.05, 3.63) is 11.6 Å². The van der Waals surface area contributed by atoms with Gasteiger partial charge in [-0.15, -0.1) is 11.3 Å². The highest BCUT2D eigenvalue weighted by molar-refractivity contribution is 7.89. The van der Waals surface area contributed by atoms with Gasteiger partial charge in [-0.2, -0.15) is 4.98 Å². The van der Waals surface area contributed by atoms with Crippen LogP contribution in [0.3, 0.4) is 0 Å². The highest BCUT2D eigenvalue weighted by Crippen LogP contribution is 2.30. The van der Waals surface area contributed by atoms with Crippen LogP contribution in [0.5, 0.6) is 0 Å². The monoisotopic (exact) mass is 329 g/mol. The highest BCUT2D eigenvalue weighted by Gasteiger charge is 2.30. The number of rotatable bonds is 5. The SMILES string of the molecule is CC(NS(=O)(=O)c1c(NN)nc2sccn12)C1CCCC1. The van der Waals surface area contributed by atoms with Crippen molar-refractivity contribution in [2.75, 3.05) is 5.43 Å². The second-order valence-corrected chi connectivity index (χ2v) is 7.92. The van der Waals surface area contributed by atoms with Crippen LogP contribution in [0.4, 0.5) is 5.82 Å². The van der Waals surface area contributed by atoms with Crippen molar-refractivity contribution in [3.63, 3.8) is 0 Å². The van der Waals surface area contributed by atoms with Crippen molar-refractivity contribution in [1.82, 2.24) is 14.1 Å². The number of anilines is 1. The van der Waals surface area contributed by atoms with Crippen molar-refractivity contribution in [3.8, 4) is 0 Å². The molecule has 0 spiro atoms. The van der Waals surface area contributed by atoms with Crippen LogP contribution in [0.15, 0.2) is 16.6 Å². The molecule has 116 valence electrons. The van der Waals surface area contributed by atoms with Crippen molar-refractivity contribution < 1.29 is 8.42 Å². The van der Waals surface area contributed by atoms with Gasteiger partial charge < -0.3 is 5.43 Å². The van der Waals surface area contributed by atoms with Gasteiger partial charge in [-0.3, -0.25) is 4.40 Å². The predicted octanol–water partition coefficient (Wildman–Crippen LogP) is 1.54. The number of nitrogens with one attached hydrogen (secondary N) is 2. The lowest BCUT2D eigenvalue weighted by molar-refractivity contribution is 0.423. The largest absolute Gasteiger partial charge is 0.306 e. The minimum Gasteiger partial charge on any atom is -0.306 e. The molecule has 1 aliphatic carbocycles. The molecule has 2 aromatic heterocycles. The molecule has 1 saturated carbocycles. The molecule has 0 amide bonds. The lowest BCUT2D eigenvalue weighted by Gasteiger charge is -2.20. The van der Waals surface area contributed by atoms with Gasteiger partial charge in [0.2, 0.25) is 5.03 Å². The first-order valence-corrected chi connectivity index (χ1v) is 9.33. The molecule has 0 aromatic carbocycles. The lowest BCUT2D eigenvalue weighted by Crippen LogP contribution is -2.38. The van der Waals surface area contributed by atoms with Gasteiger partial charge in [0, 0.05) is 17.6 Å². The first kappa shape index (κ1) is 14.8. The number of nitrogens with zero attached hydrogens (tertiary/aromatic N) is 2. The summed E-state index contributed by atoms with van der Waals surface area (Å²) in [5.74, 6) is 5.99. The third-order valence-electron chi connectivity index (χ3n) is 4.06. The van der Waals surface area contributed by atoms with Crippen LogP contribution in [-0.4, -0.2) is 23.8 Å². The first-order valence-electron chi connectivity index (χ1n) is 6.97. The molecule has 0 bridgehead atoms. The van der Waals surface area contributed by atoms with Crippen LogP contribution in [0.25, 0.3) is 4.96 Å². The predicted molar refractivity (Wildman–Crippen MR) is 82.6 cm³/mol. The fourth-order valence-corrected chi connectivity index (χ4v) is 5.30. The van der Waals surface area contributed by atoms with E-state index in [0.717, 1.165) is 12.8 Å². The molecule has 0 aliphatic heterocycles. The van der Waals surface area contributed by atoms with E-state index in [1.807, 2.05) is 6.92 Å². The molecule has 1 atom stereocenters. The van der Waals surface area contributed by atoms with Gasteiger partial charge in [-0.05, 0) is 25.7 Å². The van der Waals surface area contributed by atoms with Crippen LogP contribution < -0.4 is 16.0 Å². The van der Waals surface area contributed by atoms with E-state index >= 15 is 0 Å². The summed E-state index contributed by atoms with van der Waals surface area (Å²) >= 11 is 1.36. The van der Waals surface area contributed by atoms with E-state index in [1.54, 1.807) is 16.0 Å². The zero-order chi connectivity index (χ0) is 15.0. The summed E-state index contributed by atoms with van der Waals surface area (Å²) in [6.45, 7) is 1.93. The van der Waals surface area contributed by atoms with Gasteiger partial charge in [0.1, 0.15) is 0 Å². The van der Waals surface area contributed by atoms with E-state index in [9.17, 15) is 8.42 Å². The summed E-state index contributed by atoms with van der Waals surface area (Å²) in [4.78, 5) is 4.78. The van der Waals surface area contributed by atoms with Gasteiger partial charge in [-0.1, -0.05) is 12.8 Å². The summed E-state index contributed by atoms with van der Waals surface area (Å²) in [7, 11) is -3.68. The van der Waals surface area contributed by atoms with Crippen LogP contribution in [0.2, 0.25) is 0 Å². The molecule has 2 aromatic rings. The Morgan fingerprint density at radius 1 is 1.48 bits per heavy atom. The number of hydrogen-bond acceptors (Lipinski definition) is 6. The number of imidazole rings is 1. The van der Waals surface area contributed by atoms with E-state index in [2.05, 4.69) is 15.1 Å². The van der Waals surface area contributed by atoms with Crippen molar-refractivity contribution >= 4 is 32.1 Å². The Hall–Kier alpha value is -1.16. The van der Waals surface area contributed by atoms with Gasteiger partial charge in [0.15, 0.2) is 10.8 Å². The number of aromatic nitrogens is 2. The van der Waals surface area contributed by atoms with E-state index in [1.165, 1.54) is 24.2 Å². The summed E-state index contributed by atoms with van der Waals surface area (Å²) < 4.78 is 29.7. The number of thiazole rings is 1. The Bertz CT molecular complexity index is 730. The van der Waals surface area contributed by atoms with Crippen LogP contribution in [-0.2, 0) is 10.0 Å². The Morgan fingerprint density at radius 2 is 2.19 bits per heavy atom. The van der Waals surface area contributed by atoms with Gasteiger partial charge in [0.05, 0.1) is 0 Å². The maximum Gasteiger partial charge on any atom is 0.260 e. The second-order valence-electron chi connectivity index (χ2n) is 5.42. The number of sulfonamides is 1. The average Bonchev–Trinajstić information content (AvgIpc) is 3.13. The molecule has 4 N–H and O–H groups in total. The Kier molecular flexibility index (Phi) is 3.91. The highest BCUT2D eigenvalue weighted by atomic mass is 32.2. The van der Waals surface area contributed by atoms with Gasteiger partial charge >= 0.3 is 0 Å². The number of fused-ring (bicyclic) bond motifs is 1. The minimum atomic E-state index is -3.68. The topological polar surface area (TPSA) is 102 Å². The Morgan fingerprint density at radius 3 is 2.86 bits per heavy atom. The van der Waals surface area contributed by atoms with Crippen molar-refractivity contribution in [2.45, 2.75) is 43.7 Å². The number of nitrogens with two attached hydrogens (primary N) is 1. The Balaban J connectivity index is 1.93. The fraction of sp³-hybridized carbons (Fsp3) is 0.583. The third-order valence-corrected chi connectivity index (χ3v) is 6.40.